The summed E-state index contributed by atoms with van der Waals surface area (Å²) in [6.45, 7) is 6.75. The van der Waals surface area contributed by atoms with E-state index in [1.807, 2.05) is 17.9 Å². The highest BCUT2D eigenvalue weighted by Gasteiger charge is 2.17. The van der Waals surface area contributed by atoms with Gasteiger partial charge in [-0.15, -0.1) is 11.3 Å². The fourth-order valence-electron chi connectivity index (χ4n) is 2.05. The zero-order valence-electron chi connectivity index (χ0n) is 11.3. The summed E-state index contributed by atoms with van der Waals surface area (Å²) in [7, 11) is 0. The van der Waals surface area contributed by atoms with Gasteiger partial charge < -0.3 is 10.0 Å². The fraction of sp³-hybridized carbons (Fsp3) is 0.462. The molecule has 102 valence electrons. The van der Waals surface area contributed by atoms with E-state index in [4.69, 9.17) is 5.11 Å². The average Bonchev–Trinajstić information content (AvgIpc) is 2.66. The van der Waals surface area contributed by atoms with Gasteiger partial charge in [-0.05, 0) is 18.9 Å². The van der Waals surface area contributed by atoms with Crippen LogP contribution in [0.15, 0.2) is 12.4 Å². The van der Waals surface area contributed by atoms with Gasteiger partial charge >= 0.3 is 5.97 Å². The van der Waals surface area contributed by atoms with E-state index in [0.29, 0.717) is 18.3 Å². The quantitative estimate of drug-likeness (QED) is 0.911. The molecule has 2 heterocycles. The molecule has 0 aromatic carbocycles. The molecule has 6 heteroatoms. The van der Waals surface area contributed by atoms with Gasteiger partial charge in [0.2, 0.25) is 0 Å². The Balaban J connectivity index is 2.45. The Morgan fingerprint density at radius 1 is 1.47 bits per heavy atom. The summed E-state index contributed by atoms with van der Waals surface area (Å²) in [4.78, 5) is 23.4. The number of hydrogen-bond donors (Lipinski definition) is 1. The number of carboxylic acid groups (broad SMARTS) is 1. The van der Waals surface area contributed by atoms with E-state index in [9.17, 15) is 4.79 Å². The zero-order chi connectivity index (χ0) is 14.0. The van der Waals surface area contributed by atoms with Crippen molar-refractivity contribution in [3.8, 4) is 0 Å². The summed E-state index contributed by atoms with van der Waals surface area (Å²) in [5, 5.41) is 9.99. The molecule has 0 spiro atoms. The van der Waals surface area contributed by atoms with Crippen LogP contribution in [0.4, 0.5) is 5.82 Å². The van der Waals surface area contributed by atoms with Crippen molar-refractivity contribution < 1.29 is 9.90 Å². The smallest absolute Gasteiger partial charge is 0.323 e. The zero-order valence-corrected chi connectivity index (χ0v) is 12.1. The summed E-state index contributed by atoms with van der Waals surface area (Å²) in [6.07, 6.45) is 1.50. The third-order valence-electron chi connectivity index (χ3n) is 2.64. The van der Waals surface area contributed by atoms with Crippen LogP contribution in [0.2, 0.25) is 0 Å². The van der Waals surface area contributed by atoms with Crippen LogP contribution >= 0.6 is 11.3 Å². The predicted molar refractivity (Wildman–Crippen MR) is 76.8 cm³/mol. The number of carbonyl (C=O) groups is 1. The molecular formula is C13H17N3O2S. The van der Waals surface area contributed by atoms with E-state index in [1.54, 1.807) is 11.3 Å². The number of carboxylic acids is 1. The van der Waals surface area contributed by atoms with Crippen molar-refractivity contribution in [1.29, 1.82) is 0 Å². The third-order valence-corrected chi connectivity index (χ3v) is 3.60. The molecule has 0 saturated heterocycles. The highest BCUT2D eigenvalue weighted by molar-refractivity contribution is 7.18. The minimum Gasteiger partial charge on any atom is -0.480 e. The number of rotatable bonds is 5. The van der Waals surface area contributed by atoms with Crippen LogP contribution in [-0.2, 0) is 4.79 Å². The third kappa shape index (κ3) is 3.20. The Labute approximate surface area is 115 Å². The number of thiophene rings is 1. The van der Waals surface area contributed by atoms with Crippen LogP contribution in [0.3, 0.4) is 0 Å². The van der Waals surface area contributed by atoms with E-state index >= 15 is 0 Å². The van der Waals surface area contributed by atoms with Gasteiger partial charge in [0.15, 0.2) is 0 Å². The number of hydrogen-bond acceptors (Lipinski definition) is 5. The Kier molecular flexibility index (Phi) is 3.99. The second-order valence-electron chi connectivity index (χ2n) is 4.94. The van der Waals surface area contributed by atoms with E-state index in [0.717, 1.165) is 15.1 Å². The van der Waals surface area contributed by atoms with Crippen LogP contribution in [0.1, 0.15) is 18.7 Å². The van der Waals surface area contributed by atoms with Gasteiger partial charge in [-0.1, -0.05) is 13.8 Å². The van der Waals surface area contributed by atoms with Crippen molar-refractivity contribution in [2.75, 3.05) is 18.0 Å². The summed E-state index contributed by atoms with van der Waals surface area (Å²) in [5.41, 5.74) is 0. The largest absolute Gasteiger partial charge is 0.480 e. The van der Waals surface area contributed by atoms with Crippen LogP contribution in [0, 0.1) is 12.8 Å². The lowest BCUT2D eigenvalue weighted by Crippen LogP contribution is -2.33. The average molecular weight is 279 g/mol. The summed E-state index contributed by atoms with van der Waals surface area (Å²) >= 11 is 1.60. The number of aryl methyl sites for hydroxylation is 1. The number of nitrogens with zero attached hydrogens (tertiary/aromatic N) is 3. The van der Waals surface area contributed by atoms with Crippen molar-refractivity contribution in [2.45, 2.75) is 20.8 Å². The highest BCUT2D eigenvalue weighted by Crippen LogP contribution is 2.29. The van der Waals surface area contributed by atoms with Crippen molar-refractivity contribution in [2.24, 2.45) is 5.92 Å². The van der Waals surface area contributed by atoms with Crippen molar-refractivity contribution in [3.05, 3.63) is 17.3 Å². The summed E-state index contributed by atoms with van der Waals surface area (Å²) < 4.78 is 0. The first-order valence-electron chi connectivity index (χ1n) is 6.15. The molecule has 0 amide bonds. The van der Waals surface area contributed by atoms with Crippen molar-refractivity contribution in [3.63, 3.8) is 0 Å². The molecule has 0 aliphatic heterocycles. The standard InChI is InChI=1S/C13H17N3O2S/c1-8(2)5-16(6-11(17)18)12-10-4-9(3)19-13(10)15-7-14-12/h4,7-8H,5-6H2,1-3H3,(H,17,18). The van der Waals surface area contributed by atoms with Crippen LogP contribution in [0.5, 0.6) is 0 Å². The second-order valence-corrected chi connectivity index (χ2v) is 6.18. The van der Waals surface area contributed by atoms with E-state index in [1.165, 1.54) is 6.33 Å². The maximum Gasteiger partial charge on any atom is 0.323 e. The van der Waals surface area contributed by atoms with Gasteiger partial charge in [-0.2, -0.15) is 0 Å². The van der Waals surface area contributed by atoms with Crippen molar-refractivity contribution >= 4 is 33.3 Å². The number of aromatic nitrogens is 2. The lowest BCUT2D eigenvalue weighted by molar-refractivity contribution is -0.135. The highest BCUT2D eigenvalue weighted by atomic mass is 32.1. The monoisotopic (exact) mass is 279 g/mol. The molecule has 0 aliphatic carbocycles. The maximum absolute atomic E-state index is 11.0. The molecule has 2 aromatic heterocycles. The lowest BCUT2D eigenvalue weighted by atomic mass is 10.2. The molecule has 1 N–H and O–H groups in total. The second kappa shape index (κ2) is 5.52. The number of fused-ring (bicyclic) bond motifs is 1. The van der Waals surface area contributed by atoms with E-state index < -0.39 is 5.97 Å². The SMILES string of the molecule is Cc1cc2c(N(CC(=O)O)CC(C)C)ncnc2s1. The molecule has 0 bridgehead atoms. The van der Waals surface area contributed by atoms with E-state index in [-0.39, 0.29) is 6.54 Å². The summed E-state index contributed by atoms with van der Waals surface area (Å²) in [5.74, 6) is 0.230. The van der Waals surface area contributed by atoms with Crippen molar-refractivity contribution in [1.82, 2.24) is 9.97 Å². The lowest BCUT2D eigenvalue weighted by Gasteiger charge is -2.24. The maximum atomic E-state index is 11.0. The van der Waals surface area contributed by atoms with Gasteiger partial charge in [0, 0.05) is 11.4 Å². The molecule has 0 fully saturated rings. The molecule has 5 nitrogen and oxygen atoms in total. The van der Waals surface area contributed by atoms with Crippen LogP contribution < -0.4 is 4.90 Å². The Morgan fingerprint density at radius 3 is 2.84 bits per heavy atom. The van der Waals surface area contributed by atoms with Gasteiger partial charge in [0.05, 0.1) is 5.39 Å². The molecule has 0 atom stereocenters. The van der Waals surface area contributed by atoms with Gasteiger partial charge in [-0.3, -0.25) is 4.79 Å². The predicted octanol–water partition coefficient (Wildman–Crippen LogP) is 2.55. The van der Waals surface area contributed by atoms with Crippen LogP contribution in [-0.4, -0.2) is 34.1 Å². The first kappa shape index (κ1) is 13.7. The molecule has 2 aromatic rings. The fourth-order valence-corrected chi connectivity index (χ4v) is 2.89. The number of anilines is 1. The van der Waals surface area contributed by atoms with Crippen LogP contribution in [0.25, 0.3) is 10.2 Å². The molecule has 0 saturated carbocycles. The molecule has 2 rings (SSSR count). The molecule has 0 aliphatic rings. The minimum absolute atomic E-state index is 0.0425. The first-order chi connectivity index (χ1) is 8.97. The Hall–Kier alpha value is -1.69. The normalized spacial score (nSPS) is 11.2. The minimum atomic E-state index is -0.848. The topological polar surface area (TPSA) is 66.3 Å². The number of aliphatic carboxylic acids is 1. The van der Waals surface area contributed by atoms with Gasteiger partial charge in [0.1, 0.15) is 23.5 Å². The molecule has 0 radical (unpaired) electrons. The molecule has 19 heavy (non-hydrogen) atoms. The molecule has 0 unspecified atom stereocenters. The first-order valence-corrected chi connectivity index (χ1v) is 6.97. The molecular weight excluding hydrogens is 262 g/mol. The Bertz CT molecular complexity index is 595. The Morgan fingerprint density at radius 2 is 2.21 bits per heavy atom. The van der Waals surface area contributed by atoms with Gasteiger partial charge in [0.25, 0.3) is 0 Å². The summed E-state index contributed by atoms with van der Waals surface area (Å²) in [6, 6.07) is 2.02. The van der Waals surface area contributed by atoms with E-state index in [2.05, 4.69) is 23.8 Å². The van der Waals surface area contributed by atoms with Gasteiger partial charge in [-0.25, -0.2) is 9.97 Å².